The maximum atomic E-state index is 10.0. The van der Waals surface area contributed by atoms with Crippen LogP contribution in [0.1, 0.15) is 39.5 Å². The SMILES string of the molecule is CC(C)CCCCC(=O)O.[NaH].[NaH]. The van der Waals surface area contributed by atoms with Gasteiger partial charge in [-0.05, 0) is 12.3 Å². The molecule has 0 aromatic carbocycles. The third kappa shape index (κ3) is 17.5. The van der Waals surface area contributed by atoms with Crippen LogP contribution in [0.3, 0.4) is 0 Å². The molecule has 0 radical (unpaired) electrons. The van der Waals surface area contributed by atoms with E-state index in [2.05, 4.69) is 13.8 Å². The quantitative estimate of drug-likeness (QED) is 0.521. The minimum absolute atomic E-state index is 0. The Labute approximate surface area is 119 Å². The van der Waals surface area contributed by atoms with E-state index < -0.39 is 5.97 Å². The van der Waals surface area contributed by atoms with E-state index >= 15 is 0 Å². The minimum atomic E-state index is -0.677. The second-order valence-electron chi connectivity index (χ2n) is 3.03. The van der Waals surface area contributed by atoms with Gasteiger partial charge in [0.1, 0.15) is 0 Å². The molecule has 0 aliphatic carbocycles. The van der Waals surface area contributed by atoms with E-state index in [0.29, 0.717) is 12.3 Å². The van der Waals surface area contributed by atoms with E-state index in [1.165, 1.54) is 0 Å². The van der Waals surface area contributed by atoms with Crippen LogP contribution in [0.4, 0.5) is 0 Å². The molecule has 0 saturated heterocycles. The van der Waals surface area contributed by atoms with E-state index in [0.717, 1.165) is 19.3 Å². The number of hydrogen-bond donors (Lipinski definition) is 1. The van der Waals surface area contributed by atoms with Gasteiger partial charge in [0.15, 0.2) is 0 Å². The normalized spacial score (nSPS) is 8.58. The average molecular weight is 192 g/mol. The Bertz CT molecular complexity index is 105. The summed E-state index contributed by atoms with van der Waals surface area (Å²) in [4.78, 5) is 10.0. The molecule has 2 nitrogen and oxygen atoms in total. The Morgan fingerprint density at radius 3 is 2.08 bits per heavy atom. The first kappa shape index (κ1) is 19.1. The third-order valence-electron chi connectivity index (χ3n) is 1.42. The molecule has 0 aliphatic heterocycles. The summed E-state index contributed by atoms with van der Waals surface area (Å²) < 4.78 is 0. The second kappa shape index (κ2) is 12.5. The van der Waals surface area contributed by atoms with E-state index in [1.54, 1.807) is 0 Å². The molecule has 1 N–H and O–H groups in total. The van der Waals surface area contributed by atoms with Crippen molar-refractivity contribution in [2.75, 3.05) is 0 Å². The van der Waals surface area contributed by atoms with Crippen LogP contribution >= 0.6 is 0 Å². The molecule has 0 spiro atoms. The van der Waals surface area contributed by atoms with Gasteiger partial charge < -0.3 is 5.11 Å². The predicted molar refractivity (Wildman–Crippen MR) is 55.2 cm³/mol. The molecule has 0 aromatic heterocycles. The fourth-order valence-corrected chi connectivity index (χ4v) is 0.829. The summed E-state index contributed by atoms with van der Waals surface area (Å²) in [6, 6.07) is 0. The molecular formula is C8H18Na2O2. The van der Waals surface area contributed by atoms with Crippen LogP contribution in [0.15, 0.2) is 0 Å². The second-order valence-corrected chi connectivity index (χ2v) is 3.03. The third-order valence-corrected chi connectivity index (χ3v) is 1.42. The molecule has 0 aromatic rings. The fourth-order valence-electron chi connectivity index (χ4n) is 0.829. The van der Waals surface area contributed by atoms with E-state index in [-0.39, 0.29) is 59.1 Å². The van der Waals surface area contributed by atoms with Crippen molar-refractivity contribution >= 4 is 65.1 Å². The Kier molecular flexibility index (Phi) is 19.9. The van der Waals surface area contributed by atoms with Crippen molar-refractivity contribution < 1.29 is 9.90 Å². The number of carbonyl (C=O) groups is 1. The van der Waals surface area contributed by atoms with Gasteiger partial charge in [0.2, 0.25) is 0 Å². The average Bonchev–Trinajstić information content (AvgIpc) is 1.79. The molecule has 4 heteroatoms. The van der Waals surface area contributed by atoms with Gasteiger partial charge in [0.05, 0.1) is 0 Å². The van der Waals surface area contributed by atoms with E-state index in [1.807, 2.05) is 0 Å². The van der Waals surface area contributed by atoms with Gasteiger partial charge in [0.25, 0.3) is 0 Å². The number of carboxylic acid groups (broad SMARTS) is 1. The molecule has 0 atom stereocenters. The summed E-state index contributed by atoms with van der Waals surface area (Å²) >= 11 is 0. The summed E-state index contributed by atoms with van der Waals surface area (Å²) in [6.07, 6.45) is 3.34. The van der Waals surface area contributed by atoms with Crippen molar-refractivity contribution in [3.63, 3.8) is 0 Å². The first-order chi connectivity index (χ1) is 4.63. The number of unbranched alkanes of at least 4 members (excludes halogenated alkanes) is 1. The Morgan fingerprint density at radius 1 is 1.25 bits per heavy atom. The van der Waals surface area contributed by atoms with Gasteiger partial charge in [-0.1, -0.05) is 26.7 Å². The monoisotopic (exact) mass is 192 g/mol. The molecule has 12 heavy (non-hydrogen) atoms. The van der Waals surface area contributed by atoms with Crippen molar-refractivity contribution in [2.45, 2.75) is 39.5 Å². The van der Waals surface area contributed by atoms with Gasteiger partial charge in [0, 0.05) is 6.42 Å². The molecule has 0 heterocycles. The van der Waals surface area contributed by atoms with E-state index in [9.17, 15) is 4.79 Å². The Hall–Kier alpha value is 1.47. The van der Waals surface area contributed by atoms with Crippen molar-refractivity contribution in [1.82, 2.24) is 0 Å². The van der Waals surface area contributed by atoms with Gasteiger partial charge in [-0.15, -0.1) is 0 Å². The van der Waals surface area contributed by atoms with Gasteiger partial charge in [-0.2, -0.15) is 0 Å². The molecule has 0 saturated carbocycles. The van der Waals surface area contributed by atoms with Crippen molar-refractivity contribution in [1.29, 1.82) is 0 Å². The van der Waals surface area contributed by atoms with Crippen molar-refractivity contribution in [2.24, 2.45) is 5.92 Å². The zero-order valence-electron chi connectivity index (χ0n) is 6.76. The van der Waals surface area contributed by atoms with Gasteiger partial charge in [-0.3, -0.25) is 4.79 Å². The summed E-state index contributed by atoms with van der Waals surface area (Å²) in [5.41, 5.74) is 0. The van der Waals surface area contributed by atoms with Crippen LogP contribution in [-0.2, 0) is 4.79 Å². The van der Waals surface area contributed by atoms with Gasteiger partial charge in [-0.25, -0.2) is 0 Å². The Balaban J connectivity index is -0.000000405. The molecular weight excluding hydrogens is 174 g/mol. The maximum absolute atomic E-state index is 10.0. The summed E-state index contributed by atoms with van der Waals surface area (Å²) in [5, 5.41) is 8.28. The van der Waals surface area contributed by atoms with E-state index in [4.69, 9.17) is 5.11 Å². The number of aliphatic carboxylic acids is 1. The summed E-state index contributed by atoms with van der Waals surface area (Å²) in [7, 11) is 0. The molecule has 0 amide bonds. The van der Waals surface area contributed by atoms with Crippen molar-refractivity contribution in [3.8, 4) is 0 Å². The molecule has 64 valence electrons. The zero-order chi connectivity index (χ0) is 7.98. The molecule has 0 bridgehead atoms. The summed E-state index contributed by atoms with van der Waals surface area (Å²) in [5.74, 6) is 0.0255. The van der Waals surface area contributed by atoms with Crippen LogP contribution < -0.4 is 0 Å². The number of hydrogen-bond acceptors (Lipinski definition) is 1. The molecule has 0 rings (SSSR count). The van der Waals surface area contributed by atoms with Crippen LogP contribution in [0.2, 0.25) is 0 Å². The first-order valence-corrected chi connectivity index (χ1v) is 3.84. The fraction of sp³-hybridized carbons (Fsp3) is 0.875. The zero-order valence-corrected chi connectivity index (χ0v) is 6.76. The molecule has 0 unspecified atom stereocenters. The van der Waals surface area contributed by atoms with Crippen molar-refractivity contribution in [3.05, 3.63) is 0 Å². The van der Waals surface area contributed by atoms with Gasteiger partial charge >= 0.3 is 65.1 Å². The van der Waals surface area contributed by atoms with Crippen LogP contribution in [0, 0.1) is 5.92 Å². The first-order valence-electron chi connectivity index (χ1n) is 3.84. The molecule has 0 aliphatic rings. The summed E-state index contributed by atoms with van der Waals surface area (Å²) in [6.45, 7) is 4.31. The number of rotatable bonds is 5. The van der Waals surface area contributed by atoms with Crippen LogP contribution in [-0.4, -0.2) is 70.2 Å². The van der Waals surface area contributed by atoms with Crippen LogP contribution in [0.25, 0.3) is 0 Å². The standard InChI is InChI=1S/C8H16O2.2Na.2H/c1-7(2)5-3-4-6-8(9)10;;;;/h7H,3-6H2,1-2H3,(H,9,10);;;;. The molecule has 0 fully saturated rings. The van der Waals surface area contributed by atoms with Crippen LogP contribution in [0.5, 0.6) is 0 Å². The Morgan fingerprint density at radius 2 is 1.75 bits per heavy atom. The topological polar surface area (TPSA) is 37.3 Å². The number of carboxylic acids is 1. The predicted octanol–water partition coefficient (Wildman–Crippen LogP) is 0.990.